The van der Waals surface area contributed by atoms with Crippen molar-refractivity contribution in [3.63, 3.8) is 0 Å². The average molecular weight is 349 g/mol. The largest absolute Gasteiger partial charge is 0.342 e. The summed E-state index contributed by atoms with van der Waals surface area (Å²) < 4.78 is 0. The third kappa shape index (κ3) is 3.82. The van der Waals surface area contributed by atoms with Crippen LogP contribution in [0.3, 0.4) is 0 Å². The molecule has 0 radical (unpaired) electrons. The lowest BCUT2D eigenvalue weighted by Gasteiger charge is -2.31. The van der Waals surface area contributed by atoms with Gasteiger partial charge in [-0.2, -0.15) is 0 Å². The highest BCUT2D eigenvalue weighted by atomic mass is 35.5. The van der Waals surface area contributed by atoms with Crippen molar-refractivity contribution >= 4 is 40.0 Å². The summed E-state index contributed by atoms with van der Waals surface area (Å²) in [5.41, 5.74) is 5.71. The van der Waals surface area contributed by atoms with Gasteiger partial charge in [-0.25, -0.2) is 0 Å². The summed E-state index contributed by atoms with van der Waals surface area (Å²) in [5, 5.41) is 2.89. The maximum Gasteiger partial charge on any atom is 0.232 e. The number of hydrogen-bond donors (Lipinski definition) is 1. The normalized spacial score (nSPS) is 16.0. The van der Waals surface area contributed by atoms with Crippen LogP contribution >= 0.6 is 23.4 Å². The predicted octanol–water partition coefficient (Wildman–Crippen LogP) is 3.78. The van der Waals surface area contributed by atoms with Crippen molar-refractivity contribution in [2.45, 2.75) is 17.7 Å². The van der Waals surface area contributed by atoms with Crippen molar-refractivity contribution < 1.29 is 4.79 Å². The quantitative estimate of drug-likeness (QED) is 0.855. The number of amides is 1. The van der Waals surface area contributed by atoms with Gasteiger partial charge in [0.1, 0.15) is 0 Å². The number of nitrogens with two attached hydrogens (primary N) is 1. The van der Waals surface area contributed by atoms with Crippen LogP contribution in [0.2, 0.25) is 5.02 Å². The summed E-state index contributed by atoms with van der Waals surface area (Å²) in [6.45, 7) is 2.39. The highest BCUT2D eigenvalue weighted by Gasteiger charge is 2.22. The molecule has 3 nitrogen and oxygen atoms in total. The second kappa shape index (κ2) is 7.56. The van der Waals surface area contributed by atoms with Crippen LogP contribution in [0, 0.1) is 5.92 Å². The van der Waals surface area contributed by atoms with Crippen molar-refractivity contribution in [3.05, 3.63) is 41.4 Å². The second-order valence-corrected chi connectivity index (χ2v) is 7.37. The smallest absolute Gasteiger partial charge is 0.232 e. The molecule has 23 heavy (non-hydrogen) atoms. The summed E-state index contributed by atoms with van der Waals surface area (Å²) in [6, 6.07) is 12.0. The van der Waals surface area contributed by atoms with Crippen LogP contribution < -0.4 is 5.73 Å². The summed E-state index contributed by atoms with van der Waals surface area (Å²) in [7, 11) is 0. The lowest BCUT2D eigenvalue weighted by molar-refractivity contribution is -0.129. The zero-order valence-electron chi connectivity index (χ0n) is 13.0. The molecule has 0 aliphatic carbocycles. The van der Waals surface area contributed by atoms with Gasteiger partial charge in [0.15, 0.2) is 0 Å². The van der Waals surface area contributed by atoms with E-state index in [1.54, 1.807) is 11.8 Å². The molecule has 0 saturated carbocycles. The maximum absolute atomic E-state index is 12.4. The molecule has 1 amide bonds. The van der Waals surface area contributed by atoms with E-state index in [0.717, 1.165) is 53.2 Å². The minimum atomic E-state index is 0.203. The van der Waals surface area contributed by atoms with Crippen molar-refractivity contribution in [2.24, 2.45) is 11.7 Å². The second-order valence-electron chi connectivity index (χ2n) is 5.94. The Morgan fingerprint density at radius 1 is 1.22 bits per heavy atom. The Balaban J connectivity index is 1.66. The molecule has 1 aliphatic rings. The first-order valence-corrected chi connectivity index (χ1v) is 9.33. The molecule has 0 unspecified atom stereocenters. The molecule has 0 spiro atoms. The van der Waals surface area contributed by atoms with Crippen LogP contribution in [-0.2, 0) is 4.79 Å². The Hall–Kier alpha value is -1.23. The number of rotatable bonds is 4. The molecule has 122 valence electrons. The number of nitrogens with zero attached hydrogens (tertiary/aromatic N) is 1. The van der Waals surface area contributed by atoms with E-state index in [-0.39, 0.29) is 5.91 Å². The molecule has 1 heterocycles. The van der Waals surface area contributed by atoms with E-state index in [4.69, 9.17) is 17.3 Å². The fourth-order valence-electron chi connectivity index (χ4n) is 3.03. The van der Waals surface area contributed by atoms with Gasteiger partial charge < -0.3 is 10.6 Å². The van der Waals surface area contributed by atoms with E-state index in [2.05, 4.69) is 0 Å². The van der Waals surface area contributed by atoms with Gasteiger partial charge in [-0.05, 0) is 42.8 Å². The van der Waals surface area contributed by atoms with Gasteiger partial charge in [-0.15, -0.1) is 11.8 Å². The number of hydrogen-bond acceptors (Lipinski definition) is 3. The zero-order chi connectivity index (χ0) is 16.2. The molecule has 0 bridgehead atoms. The Labute approximate surface area is 146 Å². The van der Waals surface area contributed by atoms with Gasteiger partial charge in [-0.1, -0.05) is 35.9 Å². The Morgan fingerprint density at radius 2 is 1.91 bits per heavy atom. The summed E-state index contributed by atoms with van der Waals surface area (Å²) in [4.78, 5) is 15.5. The molecule has 3 rings (SSSR count). The minimum Gasteiger partial charge on any atom is -0.342 e. The average Bonchev–Trinajstić information content (AvgIpc) is 2.60. The highest BCUT2D eigenvalue weighted by Crippen LogP contribution is 2.33. The number of carbonyl (C=O) groups excluding carboxylic acids is 1. The summed E-state index contributed by atoms with van der Waals surface area (Å²) in [5.74, 6) is 1.23. The van der Waals surface area contributed by atoms with Crippen molar-refractivity contribution in [1.29, 1.82) is 0 Å². The summed E-state index contributed by atoms with van der Waals surface area (Å²) in [6.07, 6.45) is 2.04. The van der Waals surface area contributed by atoms with Gasteiger partial charge in [0.2, 0.25) is 5.91 Å². The monoisotopic (exact) mass is 348 g/mol. The molecular formula is C18H21ClN2OS. The molecule has 2 aromatic rings. The predicted molar refractivity (Wildman–Crippen MR) is 98.0 cm³/mol. The van der Waals surface area contributed by atoms with E-state index >= 15 is 0 Å². The van der Waals surface area contributed by atoms with E-state index in [0.29, 0.717) is 11.7 Å². The summed E-state index contributed by atoms with van der Waals surface area (Å²) >= 11 is 7.91. The fourth-order valence-corrected chi connectivity index (χ4v) is 4.38. The molecule has 5 heteroatoms. The number of piperidine rings is 1. The van der Waals surface area contributed by atoms with Crippen molar-refractivity contribution in [1.82, 2.24) is 4.90 Å². The zero-order valence-corrected chi connectivity index (χ0v) is 14.6. The minimum absolute atomic E-state index is 0.203. The Kier molecular flexibility index (Phi) is 5.46. The lowest BCUT2D eigenvalue weighted by Crippen LogP contribution is -2.40. The number of halogens is 1. The molecule has 1 saturated heterocycles. The number of benzene rings is 2. The van der Waals surface area contributed by atoms with Crippen LogP contribution in [-0.4, -0.2) is 36.2 Å². The van der Waals surface area contributed by atoms with Gasteiger partial charge >= 0.3 is 0 Å². The van der Waals surface area contributed by atoms with Crippen molar-refractivity contribution in [3.8, 4) is 0 Å². The Bertz CT molecular complexity index is 693. The third-order valence-electron chi connectivity index (χ3n) is 4.47. The Morgan fingerprint density at radius 3 is 2.61 bits per heavy atom. The first kappa shape index (κ1) is 16.6. The molecule has 1 fully saturated rings. The van der Waals surface area contributed by atoms with Gasteiger partial charge in [0, 0.05) is 28.4 Å². The number of carbonyl (C=O) groups is 1. The first-order chi connectivity index (χ1) is 11.2. The fraction of sp³-hybridized carbons (Fsp3) is 0.389. The SMILES string of the molecule is NCC1CCN(C(=O)CSc2cccc3cccc(Cl)c23)CC1. The first-order valence-electron chi connectivity index (χ1n) is 7.97. The van der Waals surface area contributed by atoms with E-state index < -0.39 is 0 Å². The van der Waals surface area contributed by atoms with E-state index in [1.165, 1.54) is 0 Å². The molecule has 2 N–H and O–H groups in total. The highest BCUT2D eigenvalue weighted by molar-refractivity contribution is 8.00. The molecule has 1 aliphatic heterocycles. The molecular weight excluding hydrogens is 328 g/mol. The lowest BCUT2D eigenvalue weighted by atomic mass is 9.97. The standard InChI is InChI=1S/C18H21ClN2OS/c19-15-5-1-3-14-4-2-6-16(18(14)15)23-12-17(22)21-9-7-13(11-20)8-10-21/h1-6,13H,7-12,20H2. The van der Waals surface area contributed by atoms with Crippen LogP contribution in [0.5, 0.6) is 0 Å². The number of fused-ring (bicyclic) bond motifs is 1. The molecule has 2 aromatic carbocycles. The van der Waals surface area contributed by atoms with Crippen LogP contribution in [0.25, 0.3) is 10.8 Å². The van der Waals surface area contributed by atoms with Crippen molar-refractivity contribution in [2.75, 3.05) is 25.4 Å². The third-order valence-corrected chi connectivity index (χ3v) is 5.82. The number of likely N-dealkylation sites (tertiary alicyclic amines) is 1. The molecule has 0 aromatic heterocycles. The van der Waals surface area contributed by atoms with Gasteiger partial charge in [0.05, 0.1) is 5.75 Å². The van der Waals surface area contributed by atoms with Gasteiger partial charge in [-0.3, -0.25) is 4.79 Å². The maximum atomic E-state index is 12.4. The topological polar surface area (TPSA) is 46.3 Å². The molecule has 0 atom stereocenters. The van der Waals surface area contributed by atoms with Crippen LogP contribution in [0.1, 0.15) is 12.8 Å². The van der Waals surface area contributed by atoms with Crippen LogP contribution in [0.15, 0.2) is 41.3 Å². The van der Waals surface area contributed by atoms with E-state index in [1.807, 2.05) is 41.3 Å². The van der Waals surface area contributed by atoms with Crippen LogP contribution in [0.4, 0.5) is 0 Å². The van der Waals surface area contributed by atoms with Gasteiger partial charge in [0.25, 0.3) is 0 Å². The van der Waals surface area contributed by atoms with E-state index in [9.17, 15) is 4.79 Å². The number of thioether (sulfide) groups is 1.